The molecule has 0 saturated carbocycles. The molecule has 0 fully saturated rings. The summed E-state index contributed by atoms with van der Waals surface area (Å²) in [6, 6.07) is 3.72. The lowest BCUT2D eigenvalue weighted by molar-refractivity contribution is 0.0499. The van der Waals surface area contributed by atoms with Crippen LogP contribution in [0, 0.1) is 20.8 Å². The van der Waals surface area contributed by atoms with E-state index in [2.05, 4.69) is 20.1 Å². The molecule has 124 valence electrons. The Kier molecular flexibility index (Phi) is 4.50. The first-order valence-electron chi connectivity index (χ1n) is 7.81. The highest BCUT2D eigenvalue weighted by Gasteiger charge is 2.10. The molecule has 24 heavy (non-hydrogen) atoms. The monoisotopic (exact) mass is 325 g/mol. The Hall–Kier alpha value is -2.83. The summed E-state index contributed by atoms with van der Waals surface area (Å²) >= 11 is 0. The van der Waals surface area contributed by atoms with E-state index in [1.54, 1.807) is 16.8 Å². The van der Waals surface area contributed by atoms with Crippen molar-refractivity contribution in [3.8, 4) is 0 Å². The van der Waals surface area contributed by atoms with Gasteiger partial charge in [0.1, 0.15) is 0 Å². The number of hydrogen-bond acceptors (Lipinski definition) is 6. The van der Waals surface area contributed by atoms with Gasteiger partial charge in [0, 0.05) is 30.2 Å². The van der Waals surface area contributed by atoms with Crippen molar-refractivity contribution >= 4 is 11.7 Å². The Morgan fingerprint density at radius 2 is 2.00 bits per heavy atom. The van der Waals surface area contributed by atoms with Crippen molar-refractivity contribution in [2.45, 2.75) is 33.6 Å². The Morgan fingerprint density at radius 3 is 2.79 bits per heavy atom. The molecule has 0 bridgehead atoms. The van der Waals surface area contributed by atoms with Crippen LogP contribution in [0.1, 0.15) is 39.6 Å². The van der Waals surface area contributed by atoms with Gasteiger partial charge in [0.15, 0.2) is 5.82 Å². The maximum Gasteiger partial charge on any atom is 0.339 e. The molecule has 0 unspecified atom stereocenters. The zero-order valence-corrected chi connectivity index (χ0v) is 14.0. The molecule has 3 heterocycles. The third-order valence-corrected chi connectivity index (χ3v) is 3.55. The van der Waals surface area contributed by atoms with Crippen LogP contribution in [-0.4, -0.2) is 37.1 Å². The van der Waals surface area contributed by atoms with E-state index < -0.39 is 0 Å². The number of rotatable bonds is 5. The molecule has 0 aliphatic rings. The average molecular weight is 325 g/mol. The second-order valence-corrected chi connectivity index (χ2v) is 5.77. The lowest BCUT2D eigenvalue weighted by Gasteiger charge is -2.04. The second-order valence-electron chi connectivity index (χ2n) is 5.77. The molecule has 7 heteroatoms. The molecule has 0 aliphatic carbocycles. The van der Waals surface area contributed by atoms with E-state index in [0.717, 1.165) is 17.0 Å². The summed E-state index contributed by atoms with van der Waals surface area (Å²) in [6.45, 7) is 6.10. The molecule has 0 aromatic carbocycles. The minimum absolute atomic E-state index is 0.313. The number of ether oxygens (including phenoxy) is 1. The number of aromatic nitrogens is 5. The maximum atomic E-state index is 11.9. The smallest absolute Gasteiger partial charge is 0.339 e. The van der Waals surface area contributed by atoms with Gasteiger partial charge in [-0.15, -0.1) is 5.10 Å². The first-order valence-corrected chi connectivity index (χ1v) is 7.81. The van der Waals surface area contributed by atoms with Crippen LogP contribution in [-0.2, 0) is 11.2 Å². The number of aryl methyl sites for hydroxylation is 4. The minimum atomic E-state index is -0.359. The van der Waals surface area contributed by atoms with E-state index in [9.17, 15) is 4.79 Å². The fourth-order valence-corrected chi connectivity index (χ4v) is 2.46. The van der Waals surface area contributed by atoms with Crippen LogP contribution in [0.5, 0.6) is 0 Å². The summed E-state index contributed by atoms with van der Waals surface area (Å²) in [7, 11) is 0. The van der Waals surface area contributed by atoms with Gasteiger partial charge in [-0.2, -0.15) is 4.98 Å². The van der Waals surface area contributed by atoms with Gasteiger partial charge < -0.3 is 4.74 Å². The number of carbonyl (C=O) groups excluding carboxylic acids is 1. The molecule has 0 N–H and O–H groups in total. The molecule has 0 spiro atoms. The van der Waals surface area contributed by atoms with Crippen molar-refractivity contribution < 1.29 is 9.53 Å². The van der Waals surface area contributed by atoms with Gasteiger partial charge in [0.25, 0.3) is 5.78 Å². The van der Waals surface area contributed by atoms with Gasteiger partial charge in [-0.05, 0) is 44.9 Å². The van der Waals surface area contributed by atoms with Gasteiger partial charge >= 0.3 is 5.97 Å². The molecule has 0 aliphatic heterocycles. The predicted molar refractivity (Wildman–Crippen MR) is 87.8 cm³/mol. The summed E-state index contributed by atoms with van der Waals surface area (Å²) in [5.41, 5.74) is 3.31. The van der Waals surface area contributed by atoms with Gasteiger partial charge in [-0.1, -0.05) is 0 Å². The maximum absolute atomic E-state index is 11.9. The largest absolute Gasteiger partial charge is 0.462 e. The predicted octanol–water partition coefficient (Wildman–Crippen LogP) is 2.23. The van der Waals surface area contributed by atoms with Crippen molar-refractivity contribution in [3.05, 3.63) is 52.9 Å². The Balaban J connectivity index is 1.55. The van der Waals surface area contributed by atoms with Crippen LogP contribution in [0.4, 0.5) is 0 Å². The lowest BCUT2D eigenvalue weighted by Crippen LogP contribution is -2.08. The van der Waals surface area contributed by atoms with E-state index in [-0.39, 0.29) is 5.97 Å². The zero-order chi connectivity index (χ0) is 17.1. The average Bonchev–Trinajstić information content (AvgIpc) is 2.94. The molecule has 3 aromatic heterocycles. The minimum Gasteiger partial charge on any atom is -0.462 e. The quantitative estimate of drug-likeness (QED) is 0.528. The van der Waals surface area contributed by atoms with E-state index >= 15 is 0 Å². The molecule has 3 aromatic rings. The van der Waals surface area contributed by atoms with E-state index in [1.807, 2.05) is 26.8 Å². The number of fused-ring (bicyclic) bond motifs is 1. The number of hydrogen-bond donors (Lipinski definition) is 0. The molecule has 0 atom stereocenters. The van der Waals surface area contributed by atoms with Crippen LogP contribution in [0.2, 0.25) is 0 Å². The van der Waals surface area contributed by atoms with E-state index in [1.165, 1.54) is 6.20 Å². The van der Waals surface area contributed by atoms with Gasteiger partial charge in [0.05, 0.1) is 12.2 Å². The van der Waals surface area contributed by atoms with Gasteiger partial charge in [-0.25, -0.2) is 14.3 Å². The highest BCUT2D eigenvalue weighted by atomic mass is 16.5. The third kappa shape index (κ3) is 3.56. The molecule has 0 saturated heterocycles. The number of pyridine rings is 1. The van der Waals surface area contributed by atoms with Crippen molar-refractivity contribution in [1.29, 1.82) is 0 Å². The van der Waals surface area contributed by atoms with Crippen molar-refractivity contribution in [1.82, 2.24) is 24.6 Å². The standard InChI is InChI=1S/C17H19N5O2/c1-11-7-14(10-18-9-11)16(23)24-6-4-5-15-20-17-19-12(2)8-13(3)22(17)21-15/h7-10H,4-6H2,1-3H3. The first-order chi connectivity index (χ1) is 11.5. The highest BCUT2D eigenvalue weighted by molar-refractivity contribution is 5.89. The summed E-state index contributed by atoms with van der Waals surface area (Å²) < 4.78 is 6.99. The van der Waals surface area contributed by atoms with E-state index in [0.29, 0.717) is 36.6 Å². The fourth-order valence-electron chi connectivity index (χ4n) is 2.46. The molecule has 0 amide bonds. The second kappa shape index (κ2) is 6.74. The third-order valence-electron chi connectivity index (χ3n) is 3.55. The van der Waals surface area contributed by atoms with Crippen LogP contribution in [0.25, 0.3) is 5.78 Å². The normalized spacial score (nSPS) is 11.0. The SMILES string of the molecule is Cc1cncc(C(=O)OCCCc2nc3nc(C)cc(C)n3n2)c1. The van der Waals surface area contributed by atoms with Crippen molar-refractivity contribution in [2.75, 3.05) is 6.61 Å². The lowest BCUT2D eigenvalue weighted by atomic mass is 10.2. The summed E-state index contributed by atoms with van der Waals surface area (Å²) in [6.07, 6.45) is 4.49. The Bertz CT molecular complexity index is 888. The first kappa shape index (κ1) is 16.0. The van der Waals surface area contributed by atoms with E-state index in [4.69, 9.17) is 4.74 Å². The zero-order valence-electron chi connectivity index (χ0n) is 14.0. The number of carbonyl (C=O) groups is 1. The van der Waals surface area contributed by atoms with Crippen LogP contribution < -0.4 is 0 Å². The Morgan fingerprint density at radius 1 is 1.17 bits per heavy atom. The van der Waals surface area contributed by atoms with Gasteiger partial charge in [-0.3, -0.25) is 4.98 Å². The van der Waals surface area contributed by atoms with Crippen LogP contribution in [0.15, 0.2) is 24.5 Å². The summed E-state index contributed by atoms with van der Waals surface area (Å²) in [5, 5.41) is 4.43. The number of esters is 1. The summed E-state index contributed by atoms with van der Waals surface area (Å²) in [5.74, 6) is 0.942. The van der Waals surface area contributed by atoms with Crippen LogP contribution in [0.3, 0.4) is 0 Å². The van der Waals surface area contributed by atoms with Crippen LogP contribution >= 0.6 is 0 Å². The molecule has 0 radical (unpaired) electrons. The fraction of sp³-hybridized carbons (Fsp3) is 0.353. The molecule has 3 rings (SSSR count). The topological polar surface area (TPSA) is 82.3 Å². The molecule has 7 nitrogen and oxygen atoms in total. The number of nitrogens with zero attached hydrogens (tertiary/aromatic N) is 5. The summed E-state index contributed by atoms with van der Waals surface area (Å²) in [4.78, 5) is 24.7. The highest BCUT2D eigenvalue weighted by Crippen LogP contribution is 2.07. The molecular weight excluding hydrogens is 306 g/mol. The Labute approximate surface area is 139 Å². The van der Waals surface area contributed by atoms with Crippen molar-refractivity contribution in [3.63, 3.8) is 0 Å². The molecular formula is C17H19N5O2. The van der Waals surface area contributed by atoms with Crippen molar-refractivity contribution in [2.24, 2.45) is 0 Å². The van der Waals surface area contributed by atoms with Gasteiger partial charge in [0.2, 0.25) is 0 Å².